The van der Waals surface area contributed by atoms with Crippen LogP contribution in [0, 0.1) is 0 Å². The smallest absolute Gasteiger partial charge is 0.157 e. The molecule has 0 aromatic heterocycles. The minimum Gasteiger partial charge on any atom is -0.310 e. The summed E-state index contributed by atoms with van der Waals surface area (Å²) in [6.07, 6.45) is 3.68. The van der Waals surface area contributed by atoms with Crippen molar-refractivity contribution < 1.29 is 4.57 Å². The van der Waals surface area contributed by atoms with Gasteiger partial charge in [-0.25, -0.2) is 0 Å². The Hall–Kier alpha value is -1.07. The molecule has 0 atom stereocenters. The minimum absolute atomic E-state index is 0.912. The topological polar surface area (TPSA) is 17.1 Å². The highest BCUT2D eigenvalue weighted by molar-refractivity contribution is 7.77. The van der Waals surface area contributed by atoms with E-state index in [0.29, 0.717) is 0 Å². The van der Waals surface area contributed by atoms with Gasteiger partial charge in [-0.05, 0) is 11.6 Å². The predicted octanol–water partition coefficient (Wildman–Crippen LogP) is 2.72. The van der Waals surface area contributed by atoms with Crippen molar-refractivity contribution in [3.8, 4) is 0 Å². The van der Waals surface area contributed by atoms with Crippen molar-refractivity contribution >= 4 is 12.4 Å². The third-order valence-electron chi connectivity index (χ3n) is 1.89. The summed E-state index contributed by atoms with van der Waals surface area (Å²) in [5, 5.41) is 0.912. The van der Waals surface area contributed by atoms with Crippen LogP contribution in [-0.4, -0.2) is 0 Å². The molecule has 2 rings (SSSR count). The molecule has 1 aliphatic rings. The maximum Gasteiger partial charge on any atom is 0.157 e. The van der Waals surface area contributed by atoms with E-state index in [4.69, 9.17) is 0 Å². The van der Waals surface area contributed by atoms with E-state index >= 15 is 0 Å². The molecule has 1 aromatic rings. The van der Waals surface area contributed by atoms with Crippen molar-refractivity contribution in [2.24, 2.45) is 0 Å². The lowest BCUT2D eigenvalue weighted by molar-refractivity contribution is 0.592. The Morgan fingerprint density at radius 1 is 0.917 bits per heavy atom. The standard InChI is InChI=1S/C10H9OP/c11-12(8-4-5-9-12)10-6-2-1-3-7-10/h1-9H. The fourth-order valence-corrected chi connectivity index (χ4v) is 3.03. The summed E-state index contributed by atoms with van der Waals surface area (Å²) >= 11 is 0. The van der Waals surface area contributed by atoms with E-state index < -0.39 is 7.14 Å². The van der Waals surface area contributed by atoms with E-state index in [-0.39, 0.29) is 0 Å². The number of benzene rings is 1. The molecule has 0 bridgehead atoms. The number of rotatable bonds is 1. The van der Waals surface area contributed by atoms with Gasteiger partial charge in [-0.3, -0.25) is 0 Å². The molecule has 0 fully saturated rings. The highest BCUT2D eigenvalue weighted by Crippen LogP contribution is 2.50. The highest BCUT2D eigenvalue weighted by atomic mass is 31.2. The first kappa shape index (κ1) is 7.57. The Bertz CT molecular complexity index is 360. The van der Waals surface area contributed by atoms with E-state index in [1.54, 1.807) is 11.6 Å². The van der Waals surface area contributed by atoms with Crippen LogP contribution in [0.4, 0.5) is 0 Å². The zero-order valence-corrected chi connectivity index (χ0v) is 7.45. The Labute approximate surface area is 71.8 Å². The first-order chi connectivity index (χ1) is 5.81. The molecule has 1 nitrogen and oxygen atoms in total. The van der Waals surface area contributed by atoms with Crippen LogP contribution in [0.3, 0.4) is 0 Å². The summed E-state index contributed by atoms with van der Waals surface area (Å²) in [6.45, 7) is 0. The summed E-state index contributed by atoms with van der Waals surface area (Å²) in [6, 6.07) is 9.56. The van der Waals surface area contributed by atoms with Crippen molar-refractivity contribution in [1.82, 2.24) is 0 Å². The number of hydrogen-bond acceptors (Lipinski definition) is 1. The Morgan fingerprint density at radius 3 is 2.08 bits per heavy atom. The van der Waals surface area contributed by atoms with Crippen molar-refractivity contribution in [2.45, 2.75) is 0 Å². The predicted molar refractivity (Wildman–Crippen MR) is 52.0 cm³/mol. The van der Waals surface area contributed by atoms with Crippen molar-refractivity contribution in [2.75, 3.05) is 0 Å². The largest absolute Gasteiger partial charge is 0.310 e. The van der Waals surface area contributed by atoms with E-state index in [1.807, 2.05) is 42.5 Å². The third kappa shape index (κ3) is 1.17. The van der Waals surface area contributed by atoms with Crippen LogP contribution in [-0.2, 0) is 4.57 Å². The SMILES string of the molecule is O=P1(c2ccccc2)C=CC=C1. The van der Waals surface area contributed by atoms with Crippen LogP contribution in [0.2, 0.25) is 0 Å². The second-order valence-electron chi connectivity index (χ2n) is 2.73. The van der Waals surface area contributed by atoms with Crippen LogP contribution in [0.5, 0.6) is 0 Å². The van der Waals surface area contributed by atoms with E-state index in [2.05, 4.69) is 0 Å². The lowest BCUT2D eigenvalue weighted by Crippen LogP contribution is -1.97. The fraction of sp³-hybridized carbons (Fsp3) is 0. The van der Waals surface area contributed by atoms with E-state index in [9.17, 15) is 4.57 Å². The summed E-state index contributed by atoms with van der Waals surface area (Å²) in [7, 11) is -2.28. The van der Waals surface area contributed by atoms with Gasteiger partial charge in [-0.1, -0.05) is 42.5 Å². The van der Waals surface area contributed by atoms with Crippen molar-refractivity contribution in [3.05, 3.63) is 54.1 Å². The molecule has 1 heterocycles. The molecule has 0 N–H and O–H groups in total. The van der Waals surface area contributed by atoms with Gasteiger partial charge < -0.3 is 4.57 Å². The maximum absolute atomic E-state index is 12.0. The Kier molecular flexibility index (Phi) is 1.74. The first-order valence-electron chi connectivity index (χ1n) is 3.83. The van der Waals surface area contributed by atoms with E-state index in [0.717, 1.165) is 5.30 Å². The quantitative estimate of drug-likeness (QED) is 0.601. The normalized spacial score (nSPS) is 18.3. The van der Waals surface area contributed by atoms with Crippen LogP contribution in [0.25, 0.3) is 0 Å². The molecule has 60 valence electrons. The van der Waals surface area contributed by atoms with Crippen LogP contribution in [0.1, 0.15) is 0 Å². The van der Waals surface area contributed by atoms with Gasteiger partial charge in [-0.15, -0.1) is 0 Å². The van der Waals surface area contributed by atoms with Gasteiger partial charge in [0.15, 0.2) is 7.14 Å². The zero-order valence-electron chi connectivity index (χ0n) is 6.55. The van der Waals surface area contributed by atoms with Crippen molar-refractivity contribution in [1.29, 1.82) is 0 Å². The highest BCUT2D eigenvalue weighted by Gasteiger charge is 2.18. The molecule has 0 unspecified atom stereocenters. The second-order valence-corrected chi connectivity index (χ2v) is 5.26. The maximum atomic E-state index is 12.0. The lowest BCUT2D eigenvalue weighted by Gasteiger charge is -2.05. The monoisotopic (exact) mass is 176 g/mol. The number of hydrogen-bond donors (Lipinski definition) is 0. The molecular weight excluding hydrogens is 167 g/mol. The van der Waals surface area contributed by atoms with Gasteiger partial charge in [0.2, 0.25) is 0 Å². The molecule has 0 amide bonds. The molecular formula is C10H9OP. The third-order valence-corrected chi connectivity index (χ3v) is 4.22. The van der Waals surface area contributed by atoms with Crippen molar-refractivity contribution in [3.63, 3.8) is 0 Å². The number of allylic oxidation sites excluding steroid dienone is 2. The zero-order chi connectivity index (χ0) is 8.44. The Balaban J connectivity index is 2.51. The van der Waals surface area contributed by atoms with Gasteiger partial charge >= 0.3 is 0 Å². The molecule has 0 aliphatic carbocycles. The molecule has 2 heteroatoms. The summed E-state index contributed by atoms with van der Waals surface area (Å²) < 4.78 is 12.0. The van der Waals surface area contributed by atoms with E-state index in [1.165, 1.54) is 0 Å². The summed E-state index contributed by atoms with van der Waals surface area (Å²) in [5.74, 6) is 3.56. The first-order valence-corrected chi connectivity index (χ1v) is 5.68. The molecule has 0 saturated carbocycles. The van der Waals surface area contributed by atoms with Crippen LogP contribution in [0.15, 0.2) is 54.1 Å². The lowest BCUT2D eigenvalue weighted by atomic mass is 10.4. The second kappa shape index (κ2) is 2.76. The molecule has 0 radical (unpaired) electrons. The molecule has 1 aromatic carbocycles. The molecule has 0 saturated heterocycles. The van der Waals surface area contributed by atoms with Crippen LogP contribution < -0.4 is 5.30 Å². The molecule has 1 aliphatic heterocycles. The average Bonchev–Trinajstić information content (AvgIpc) is 2.55. The summed E-state index contributed by atoms with van der Waals surface area (Å²) in [5.41, 5.74) is 0. The molecule has 0 spiro atoms. The summed E-state index contributed by atoms with van der Waals surface area (Å²) in [4.78, 5) is 0. The van der Waals surface area contributed by atoms with Crippen LogP contribution >= 0.6 is 7.14 Å². The van der Waals surface area contributed by atoms with Gasteiger partial charge in [0.25, 0.3) is 0 Å². The Morgan fingerprint density at radius 2 is 1.50 bits per heavy atom. The fourth-order valence-electron chi connectivity index (χ4n) is 1.24. The van der Waals surface area contributed by atoms with Gasteiger partial charge in [0.05, 0.1) is 0 Å². The van der Waals surface area contributed by atoms with Gasteiger partial charge in [0.1, 0.15) is 0 Å². The molecule has 12 heavy (non-hydrogen) atoms. The minimum atomic E-state index is -2.28. The van der Waals surface area contributed by atoms with Gasteiger partial charge in [0, 0.05) is 5.30 Å². The van der Waals surface area contributed by atoms with Gasteiger partial charge in [-0.2, -0.15) is 0 Å². The average molecular weight is 176 g/mol.